The molecule has 0 spiro atoms. The number of methoxy groups -OCH3 is 1. The van der Waals surface area contributed by atoms with Crippen LogP contribution in [0.25, 0.3) is 6.08 Å². The van der Waals surface area contributed by atoms with Crippen LogP contribution < -0.4 is 9.47 Å². The second kappa shape index (κ2) is 7.04. The average Bonchev–Trinajstić information content (AvgIpc) is 2.61. The summed E-state index contributed by atoms with van der Waals surface area (Å²) in [5.41, 5.74) is 1.62. The molecule has 1 saturated heterocycles. The number of nitrogens with zero attached hydrogens (tertiary/aromatic N) is 2. The van der Waals surface area contributed by atoms with E-state index in [1.165, 1.54) is 0 Å². The molecule has 3 rings (SSSR count). The highest BCUT2D eigenvalue weighted by Crippen LogP contribution is 2.30. The van der Waals surface area contributed by atoms with Gasteiger partial charge in [-0.25, -0.2) is 0 Å². The van der Waals surface area contributed by atoms with Crippen LogP contribution in [0.1, 0.15) is 18.9 Å². The van der Waals surface area contributed by atoms with Gasteiger partial charge in [0.1, 0.15) is 18.1 Å². The normalized spacial score (nSPS) is 18.0. The lowest BCUT2D eigenvalue weighted by atomic mass is 10.1. The van der Waals surface area contributed by atoms with E-state index in [1.54, 1.807) is 7.11 Å². The van der Waals surface area contributed by atoms with Gasteiger partial charge in [-0.1, -0.05) is 6.92 Å². The summed E-state index contributed by atoms with van der Waals surface area (Å²) in [6, 6.07) is 5.66. The van der Waals surface area contributed by atoms with Crippen LogP contribution in [0.15, 0.2) is 23.8 Å². The molecule has 0 saturated carbocycles. The van der Waals surface area contributed by atoms with Crippen molar-refractivity contribution in [2.75, 3.05) is 46.4 Å². The number of benzene rings is 1. The molecule has 0 aromatic heterocycles. The summed E-state index contributed by atoms with van der Waals surface area (Å²) in [5, 5.41) is 0. The van der Waals surface area contributed by atoms with Crippen LogP contribution in [0.5, 0.6) is 11.5 Å². The molecule has 2 heterocycles. The number of ether oxygens (including phenoxy) is 2. The first-order valence-corrected chi connectivity index (χ1v) is 8.24. The van der Waals surface area contributed by atoms with E-state index < -0.39 is 0 Å². The Hall–Kier alpha value is -2.01. The van der Waals surface area contributed by atoms with Crippen LogP contribution in [0, 0.1) is 0 Å². The molecule has 0 bridgehead atoms. The Labute approximate surface area is 137 Å². The zero-order valence-electron chi connectivity index (χ0n) is 13.9. The van der Waals surface area contributed by atoms with E-state index in [-0.39, 0.29) is 5.91 Å². The lowest BCUT2D eigenvalue weighted by molar-refractivity contribution is -0.129. The fraction of sp³-hybridized carbons (Fsp3) is 0.500. The van der Waals surface area contributed by atoms with Crippen LogP contribution in [-0.2, 0) is 4.79 Å². The third kappa shape index (κ3) is 3.50. The number of hydrogen-bond acceptors (Lipinski definition) is 4. The minimum absolute atomic E-state index is 0.0922. The predicted molar refractivity (Wildman–Crippen MR) is 89.8 cm³/mol. The van der Waals surface area contributed by atoms with Gasteiger partial charge < -0.3 is 14.4 Å². The summed E-state index contributed by atoms with van der Waals surface area (Å²) >= 11 is 0. The number of fused-ring (bicyclic) bond motifs is 1. The van der Waals surface area contributed by atoms with Crippen LogP contribution in [0.4, 0.5) is 0 Å². The van der Waals surface area contributed by atoms with Crippen molar-refractivity contribution < 1.29 is 14.3 Å². The first-order chi connectivity index (χ1) is 11.2. The van der Waals surface area contributed by atoms with E-state index in [0.717, 1.165) is 61.8 Å². The van der Waals surface area contributed by atoms with Gasteiger partial charge in [0.25, 0.3) is 5.91 Å². The summed E-state index contributed by atoms with van der Waals surface area (Å²) in [5.74, 6) is 1.66. The van der Waals surface area contributed by atoms with Gasteiger partial charge in [0.2, 0.25) is 0 Å². The lowest BCUT2D eigenvalue weighted by Gasteiger charge is -2.35. The van der Waals surface area contributed by atoms with Crippen LogP contribution in [0.2, 0.25) is 0 Å². The molecular weight excluding hydrogens is 292 g/mol. The topological polar surface area (TPSA) is 42.0 Å². The highest BCUT2D eigenvalue weighted by atomic mass is 16.5. The number of rotatable bonds is 4. The van der Waals surface area contributed by atoms with Crippen molar-refractivity contribution >= 4 is 12.0 Å². The Morgan fingerprint density at radius 1 is 1.26 bits per heavy atom. The van der Waals surface area contributed by atoms with E-state index in [9.17, 15) is 4.79 Å². The highest BCUT2D eigenvalue weighted by Gasteiger charge is 2.25. The monoisotopic (exact) mass is 316 g/mol. The number of carbonyl (C=O) groups excluding carboxylic acids is 1. The molecule has 0 radical (unpaired) electrons. The summed E-state index contributed by atoms with van der Waals surface area (Å²) in [6.45, 7) is 7.14. The molecule has 1 aromatic rings. The van der Waals surface area contributed by atoms with Crippen LogP contribution in [-0.4, -0.2) is 62.1 Å². The second-order valence-electron chi connectivity index (χ2n) is 6.00. The van der Waals surface area contributed by atoms with Gasteiger partial charge in [-0.15, -0.1) is 0 Å². The predicted octanol–water partition coefficient (Wildman–Crippen LogP) is 2.03. The minimum atomic E-state index is 0.0922. The van der Waals surface area contributed by atoms with Gasteiger partial charge in [-0.3, -0.25) is 9.69 Å². The van der Waals surface area contributed by atoms with Crippen molar-refractivity contribution in [2.45, 2.75) is 13.3 Å². The summed E-state index contributed by atoms with van der Waals surface area (Å²) in [7, 11) is 1.64. The van der Waals surface area contributed by atoms with Gasteiger partial charge in [0, 0.05) is 31.7 Å². The Balaban J connectivity index is 1.69. The number of hydrogen-bond donors (Lipinski definition) is 0. The molecule has 1 aromatic carbocycles. The molecule has 0 aliphatic carbocycles. The summed E-state index contributed by atoms with van der Waals surface area (Å²) < 4.78 is 11.0. The van der Waals surface area contributed by atoms with Crippen molar-refractivity contribution in [1.29, 1.82) is 0 Å². The Kier molecular flexibility index (Phi) is 4.86. The Bertz CT molecular complexity index is 604. The van der Waals surface area contributed by atoms with Gasteiger partial charge in [0.15, 0.2) is 0 Å². The van der Waals surface area contributed by atoms with E-state index in [0.29, 0.717) is 6.61 Å². The molecular formula is C18H24N2O3. The number of piperazine rings is 1. The zero-order valence-corrected chi connectivity index (χ0v) is 13.9. The molecule has 1 amide bonds. The van der Waals surface area contributed by atoms with Crippen molar-refractivity contribution in [3.63, 3.8) is 0 Å². The minimum Gasteiger partial charge on any atom is -0.497 e. The Morgan fingerprint density at radius 3 is 2.74 bits per heavy atom. The van der Waals surface area contributed by atoms with Crippen molar-refractivity contribution in [3.05, 3.63) is 29.3 Å². The van der Waals surface area contributed by atoms with Crippen molar-refractivity contribution in [2.24, 2.45) is 0 Å². The lowest BCUT2D eigenvalue weighted by Crippen LogP contribution is -2.49. The molecule has 2 aliphatic heterocycles. The van der Waals surface area contributed by atoms with Gasteiger partial charge in [0.05, 0.1) is 12.7 Å². The standard InChI is InChI=1S/C18H24N2O3/c1-3-6-19-7-9-20(10-8-19)18(21)15-11-14-12-16(22-2)4-5-17(14)23-13-15/h4-5,11-12H,3,6-10,13H2,1-2H3. The second-order valence-corrected chi connectivity index (χ2v) is 6.00. The van der Waals surface area contributed by atoms with Gasteiger partial charge in [-0.2, -0.15) is 0 Å². The average molecular weight is 316 g/mol. The van der Waals surface area contributed by atoms with Crippen LogP contribution in [0.3, 0.4) is 0 Å². The molecule has 1 fully saturated rings. The fourth-order valence-electron chi connectivity index (χ4n) is 3.10. The molecule has 23 heavy (non-hydrogen) atoms. The van der Waals surface area contributed by atoms with E-state index >= 15 is 0 Å². The van der Waals surface area contributed by atoms with E-state index in [4.69, 9.17) is 9.47 Å². The third-order valence-corrected chi connectivity index (χ3v) is 4.40. The maximum Gasteiger partial charge on any atom is 0.253 e. The largest absolute Gasteiger partial charge is 0.497 e. The highest BCUT2D eigenvalue weighted by molar-refractivity contribution is 5.99. The molecule has 0 atom stereocenters. The molecule has 5 heteroatoms. The molecule has 5 nitrogen and oxygen atoms in total. The molecule has 0 unspecified atom stereocenters. The molecule has 124 valence electrons. The van der Waals surface area contributed by atoms with E-state index in [1.807, 2.05) is 29.2 Å². The number of amides is 1. The zero-order chi connectivity index (χ0) is 16.2. The Morgan fingerprint density at radius 2 is 2.04 bits per heavy atom. The maximum atomic E-state index is 12.7. The van der Waals surface area contributed by atoms with Crippen molar-refractivity contribution in [1.82, 2.24) is 9.80 Å². The molecule has 2 aliphatic rings. The smallest absolute Gasteiger partial charge is 0.253 e. The summed E-state index contributed by atoms with van der Waals surface area (Å²) in [4.78, 5) is 17.1. The first-order valence-electron chi connectivity index (χ1n) is 8.24. The quantitative estimate of drug-likeness (QED) is 0.852. The summed E-state index contributed by atoms with van der Waals surface area (Å²) in [6.07, 6.45) is 3.09. The molecule has 0 N–H and O–H groups in total. The van der Waals surface area contributed by atoms with Gasteiger partial charge in [-0.05, 0) is 37.2 Å². The maximum absolute atomic E-state index is 12.7. The van der Waals surface area contributed by atoms with Gasteiger partial charge >= 0.3 is 0 Å². The van der Waals surface area contributed by atoms with Crippen molar-refractivity contribution in [3.8, 4) is 11.5 Å². The SMILES string of the molecule is CCCN1CCN(C(=O)C2=Cc3cc(OC)ccc3OC2)CC1. The first kappa shape index (κ1) is 15.9. The fourth-order valence-corrected chi connectivity index (χ4v) is 3.10. The third-order valence-electron chi connectivity index (χ3n) is 4.40. The van der Waals surface area contributed by atoms with E-state index in [2.05, 4.69) is 11.8 Å². The van der Waals surface area contributed by atoms with Crippen LogP contribution >= 0.6 is 0 Å². The number of carbonyl (C=O) groups is 1.